The Hall–Kier alpha value is -0.970. The van der Waals surface area contributed by atoms with Gasteiger partial charge in [-0.3, -0.25) is 4.79 Å². The lowest BCUT2D eigenvalue weighted by Gasteiger charge is -2.20. The van der Waals surface area contributed by atoms with E-state index in [-0.39, 0.29) is 17.5 Å². The van der Waals surface area contributed by atoms with E-state index in [0.29, 0.717) is 17.9 Å². The summed E-state index contributed by atoms with van der Waals surface area (Å²) in [6.45, 7) is 3.42. The van der Waals surface area contributed by atoms with Crippen molar-refractivity contribution in [3.05, 3.63) is 28.8 Å². The number of thioether (sulfide) groups is 1. The summed E-state index contributed by atoms with van der Waals surface area (Å²) in [5.74, 6) is -0.0737. The normalized spacial score (nSPS) is 13.7. The van der Waals surface area contributed by atoms with Crippen LogP contribution in [0.3, 0.4) is 0 Å². The lowest BCUT2D eigenvalue weighted by molar-refractivity contribution is -0.137. The number of alkyl halides is 3. The molecule has 1 aromatic carbocycles. The third-order valence-electron chi connectivity index (χ3n) is 3.20. The molecule has 5 nitrogen and oxygen atoms in total. The van der Waals surface area contributed by atoms with Crippen LogP contribution in [0, 0.1) is 0 Å². The first-order chi connectivity index (χ1) is 11.9. The maximum Gasteiger partial charge on any atom is 0.416 e. The minimum atomic E-state index is -4.72. The van der Waals surface area contributed by atoms with E-state index in [9.17, 15) is 26.4 Å². The summed E-state index contributed by atoms with van der Waals surface area (Å²) in [6, 6.07) is 0.667. The van der Waals surface area contributed by atoms with E-state index in [4.69, 9.17) is 11.6 Å². The largest absolute Gasteiger partial charge is 0.416 e. The van der Waals surface area contributed by atoms with Gasteiger partial charge in [-0.1, -0.05) is 11.6 Å². The average molecular weight is 433 g/mol. The summed E-state index contributed by atoms with van der Waals surface area (Å²) < 4.78 is 65.8. The topological polar surface area (TPSA) is 75.3 Å². The number of sulfonamides is 1. The SMILES string of the molecule is CSCC[C@@H](NS(=O)(=O)c1cc(C(F)(F)F)ccc1Cl)C(=O)NC(C)C. The predicted molar refractivity (Wildman–Crippen MR) is 96.8 cm³/mol. The Labute approximate surface area is 160 Å². The first kappa shape index (κ1) is 23.1. The Bertz CT molecular complexity index is 740. The van der Waals surface area contributed by atoms with Gasteiger partial charge in [-0.05, 0) is 50.5 Å². The monoisotopic (exact) mass is 432 g/mol. The van der Waals surface area contributed by atoms with E-state index in [2.05, 4.69) is 10.0 Å². The highest BCUT2D eigenvalue weighted by Gasteiger charge is 2.34. The van der Waals surface area contributed by atoms with Gasteiger partial charge >= 0.3 is 6.18 Å². The number of carbonyl (C=O) groups is 1. The minimum absolute atomic E-state index is 0.176. The second kappa shape index (κ2) is 9.29. The third kappa shape index (κ3) is 6.64. The van der Waals surface area contributed by atoms with Gasteiger partial charge in [0.15, 0.2) is 0 Å². The second-order valence-corrected chi connectivity index (χ2v) is 8.84. The van der Waals surface area contributed by atoms with E-state index in [0.717, 1.165) is 6.07 Å². The fraction of sp³-hybridized carbons (Fsp3) is 0.533. The fourth-order valence-electron chi connectivity index (χ4n) is 2.00. The van der Waals surface area contributed by atoms with Gasteiger partial charge in [0.2, 0.25) is 15.9 Å². The van der Waals surface area contributed by atoms with Crippen LogP contribution in [0.5, 0.6) is 0 Å². The molecule has 11 heteroatoms. The van der Waals surface area contributed by atoms with Crippen molar-refractivity contribution in [2.75, 3.05) is 12.0 Å². The molecule has 1 rings (SSSR count). The van der Waals surface area contributed by atoms with Gasteiger partial charge in [-0.15, -0.1) is 0 Å². The molecular weight excluding hydrogens is 413 g/mol. The van der Waals surface area contributed by atoms with Crippen molar-refractivity contribution in [3.8, 4) is 0 Å². The van der Waals surface area contributed by atoms with Crippen LogP contribution in [-0.4, -0.2) is 38.4 Å². The van der Waals surface area contributed by atoms with Crippen molar-refractivity contribution in [1.82, 2.24) is 10.0 Å². The Kier molecular flexibility index (Phi) is 8.25. The highest BCUT2D eigenvalue weighted by Crippen LogP contribution is 2.33. The standard InChI is InChI=1S/C15H20ClF3N2O3S2/c1-9(2)20-14(22)12(6-7-25-3)21-26(23,24)13-8-10(15(17,18)19)4-5-11(13)16/h4-5,8-9,12,21H,6-7H2,1-3H3,(H,20,22)/t12-/m1/s1. The van der Waals surface area contributed by atoms with Gasteiger partial charge in [0, 0.05) is 6.04 Å². The first-order valence-corrected chi connectivity index (χ1v) is 10.8. The molecule has 26 heavy (non-hydrogen) atoms. The molecule has 0 saturated carbocycles. The molecule has 0 radical (unpaired) electrons. The molecule has 1 atom stereocenters. The number of rotatable bonds is 8. The number of nitrogens with one attached hydrogen (secondary N) is 2. The van der Waals surface area contributed by atoms with E-state index in [1.807, 2.05) is 0 Å². The van der Waals surface area contributed by atoms with Crippen molar-refractivity contribution in [2.45, 2.75) is 43.4 Å². The number of amides is 1. The molecular formula is C15H20ClF3N2O3S2. The molecule has 148 valence electrons. The number of hydrogen-bond donors (Lipinski definition) is 2. The lowest BCUT2D eigenvalue weighted by atomic mass is 10.2. The highest BCUT2D eigenvalue weighted by molar-refractivity contribution is 7.98. The van der Waals surface area contributed by atoms with E-state index in [1.165, 1.54) is 11.8 Å². The second-order valence-electron chi connectivity index (χ2n) is 5.76. The van der Waals surface area contributed by atoms with E-state index >= 15 is 0 Å². The maximum atomic E-state index is 12.9. The fourth-order valence-corrected chi connectivity index (χ4v) is 4.23. The van der Waals surface area contributed by atoms with Crippen LogP contribution in [0.1, 0.15) is 25.8 Å². The number of hydrogen-bond acceptors (Lipinski definition) is 4. The van der Waals surface area contributed by atoms with Gasteiger partial charge in [0.25, 0.3) is 0 Å². The summed E-state index contributed by atoms with van der Waals surface area (Å²) >= 11 is 7.20. The van der Waals surface area contributed by atoms with E-state index in [1.54, 1.807) is 20.1 Å². The summed E-state index contributed by atoms with van der Waals surface area (Å²) in [7, 11) is -4.44. The highest BCUT2D eigenvalue weighted by atomic mass is 35.5. The summed E-state index contributed by atoms with van der Waals surface area (Å²) in [5.41, 5.74) is -1.14. The van der Waals surface area contributed by atoms with E-state index < -0.39 is 38.6 Å². The van der Waals surface area contributed by atoms with Crippen molar-refractivity contribution in [2.24, 2.45) is 0 Å². The number of carbonyl (C=O) groups excluding carboxylic acids is 1. The summed E-state index contributed by atoms with van der Waals surface area (Å²) in [5, 5.41) is 2.23. The van der Waals surface area contributed by atoms with Crippen molar-refractivity contribution < 1.29 is 26.4 Å². The average Bonchev–Trinajstić information content (AvgIpc) is 2.49. The predicted octanol–water partition coefficient (Wildman–Crippen LogP) is 3.28. The van der Waals surface area contributed by atoms with Crippen LogP contribution in [0.25, 0.3) is 0 Å². The van der Waals surface area contributed by atoms with Crippen LogP contribution >= 0.6 is 23.4 Å². The van der Waals surface area contributed by atoms with Gasteiger partial charge in [-0.25, -0.2) is 8.42 Å². The molecule has 0 aliphatic rings. The van der Waals surface area contributed by atoms with Crippen LogP contribution < -0.4 is 10.0 Å². The van der Waals surface area contributed by atoms with Gasteiger partial charge in [0.05, 0.1) is 10.6 Å². The molecule has 0 aromatic heterocycles. The zero-order chi connectivity index (χ0) is 20.1. The molecule has 0 saturated heterocycles. The molecule has 0 bridgehead atoms. The Morgan fingerprint density at radius 3 is 2.42 bits per heavy atom. The van der Waals surface area contributed by atoms with Crippen LogP contribution in [-0.2, 0) is 21.0 Å². The first-order valence-electron chi connectivity index (χ1n) is 7.57. The molecule has 0 unspecified atom stereocenters. The molecule has 1 aromatic rings. The van der Waals surface area contributed by atoms with Crippen LogP contribution in [0.15, 0.2) is 23.1 Å². The quantitative estimate of drug-likeness (QED) is 0.661. The lowest BCUT2D eigenvalue weighted by Crippen LogP contribution is -2.48. The number of benzene rings is 1. The molecule has 1 amide bonds. The zero-order valence-electron chi connectivity index (χ0n) is 14.4. The van der Waals surface area contributed by atoms with Crippen molar-refractivity contribution in [1.29, 1.82) is 0 Å². The molecule has 0 aliphatic heterocycles. The van der Waals surface area contributed by atoms with Gasteiger partial charge in [-0.2, -0.15) is 29.7 Å². The molecule has 2 N–H and O–H groups in total. The number of halogens is 4. The summed E-state index contributed by atoms with van der Waals surface area (Å²) in [6.07, 6.45) is -2.76. The molecule has 0 fully saturated rings. The van der Waals surface area contributed by atoms with Gasteiger partial charge < -0.3 is 5.32 Å². The Balaban J connectivity index is 3.19. The van der Waals surface area contributed by atoms with Crippen molar-refractivity contribution in [3.63, 3.8) is 0 Å². The zero-order valence-corrected chi connectivity index (χ0v) is 16.7. The van der Waals surface area contributed by atoms with Crippen LogP contribution in [0.4, 0.5) is 13.2 Å². The van der Waals surface area contributed by atoms with Gasteiger partial charge in [0.1, 0.15) is 10.9 Å². The third-order valence-corrected chi connectivity index (χ3v) is 5.80. The van der Waals surface area contributed by atoms with Crippen LogP contribution in [0.2, 0.25) is 5.02 Å². The Morgan fingerprint density at radius 1 is 1.31 bits per heavy atom. The molecule has 0 aliphatic carbocycles. The smallest absolute Gasteiger partial charge is 0.353 e. The molecule has 0 spiro atoms. The van der Waals surface area contributed by atoms with Crippen molar-refractivity contribution >= 4 is 39.3 Å². The Morgan fingerprint density at radius 2 is 1.92 bits per heavy atom. The summed E-state index contributed by atoms with van der Waals surface area (Å²) in [4.78, 5) is 11.5. The molecule has 0 heterocycles. The minimum Gasteiger partial charge on any atom is -0.353 e. The maximum absolute atomic E-state index is 12.9.